The normalized spacial score (nSPS) is 18.2. The average molecular weight is 492 g/mol. The Kier molecular flexibility index (Phi) is 6.46. The van der Waals surface area contributed by atoms with Crippen molar-refractivity contribution in [2.24, 2.45) is 0 Å². The van der Waals surface area contributed by atoms with Crippen molar-refractivity contribution in [3.05, 3.63) is 78.8 Å². The Bertz CT molecular complexity index is 1200. The van der Waals surface area contributed by atoms with Gasteiger partial charge in [-0.25, -0.2) is 4.98 Å². The predicted octanol–water partition coefficient (Wildman–Crippen LogP) is 5.24. The minimum atomic E-state index is -0.0657. The number of benzene rings is 1. The summed E-state index contributed by atoms with van der Waals surface area (Å²) in [4.78, 5) is 22.5. The van der Waals surface area contributed by atoms with Crippen LogP contribution in [-0.4, -0.2) is 45.4 Å². The molecular formula is C24H25Cl3N4O. The molecule has 3 aromatic rings. The average Bonchev–Trinajstić information content (AvgIpc) is 2.71. The smallest absolute Gasteiger partial charge is 0.258 e. The molecule has 1 aliphatic heterocycles. The molecular weight excluding hydrogens is 467 g/mol. The number of halogens is 3. The second kappa shape index (κ2) is 9.32. The van der Waals surface area contributed by atoms with Crippen molar-refractivity contribution in [3.8, 4) is 0 Å². The van der Waals surface area contributed by atoms with Gasteiger partial charge >= 0.3 is 0 Å². The summed E-state index contributed by atoms with van der Waals surface area (Å²) >= 11 is 18.6. The van der Waals surface area contributed by atoms with Crippen LogP contribution in [0.5, 0.6) is 0 Å². The number of rotatable bonds is 5. The lowest BCUT2D eigenvalue weighted by Gasteiger charge is -2.34. The molecule has 168 valence electrons. The lowest BCUT2D eigenvalue weighted by atomic mass is 9.80. The fourth-order valence-electron chi connectivity index (χ4n) is 4.57. The molecule has 0 N–H and O–H groups in total. The number of hydrogen-bond donors (Lipinski definition) is 0. The molecule has 0 unspecified atom stereocenters. The molecule has 8 heteroatoms. The Morgan fingerprint density at radius 3 is 2.28 bits per heavy atom. The van der Waals surface area contributed by atoms with Crippen molar-refractivity contribution in [1.29, 1.82) is 0 Å². The molecule has 0 spiro atoms. The van der Waals surface area contributed by atoms with E-state index in [1.54, 1.807) is 22.7 Å². The molecule has 1 aromatic carbocycles. The van der Waals surface area contributed by atoms with Gasteiger partial charge in [0.05, 0.1) is 10.7 Å². The molecule has 0 amide bonds. The maximum atomic E-state index is 12.8. The Balaban J connectivity index is 1.28. The van der Waals surface area contributed by atoms with E-state index in [4.69, 9.17) is 39.8 Å². The number of piperazine rings is 1. The summed E-state index contributed by atoms with van der Waals surface area (Å²) in [5, 5.41) is 1.96. The van der Waals surface area contributed by atoms with Crippen LogP contribution in [0.3, 0.4) is 0 Å². The molecule has 0 radical (unpaired) electrons. The van der Waals surface area contributed by atoms with E-state index in [9.17, 15) is 4.79 Å². The molecule has 1 aliphatic carbocycles. The Morgan fingerprint density at radius 1 is 0.906 bits per heavy atom. The highest BCUT2D eigenvalue weighted by Crippen LogP contribution is 2.38. The number of fused-ring (bicyclic) bond motifs is 1. The van der Waals surface area contributed by atoms with Crippen molar-refractivity contribution in [2.75, 3.05) is 26.2 Å². The van der Waals surface area contributed by atoms with Crippen LogP contribution in [0.15, 0.2) is 41.3 Å². The minimum Gasteiger partial charge on any atom is -0.296 e. The summed E-state index contributed by atoms with van der Waals surface area (Å²) in [6.45, 7) is 5.20. The summed E-state index contributed by atoms with van der Waals surface area (Å²) in [6, 6.07) is 9.30. The van der Waals surface area contributed by atoms with Crippen molar-refractivity contribution in [3.63, 3.8) is 0 Å². The zero-order valence-electron chi connectivity index (χ0n) is 17.7. The maximum Gasteiger partial charge on any atom is 0.258 e. The van der Waals surface area contributed by atoms with Gasteiger partial charge in [0.25, 0.3) is 5.56 Å². The van der Waals surface area contributed by atoms with Crippen LogP contribution < -0.4 is 5.56 Å². The topological polar surface area (TPSA) is 40.9 Å². The van der Waals surface area contributed by atoms with Gasteiger partial charge in [0.15, 0.2) is 0 Å². The van der Waals surface area contributed by atoms with Crippen LogP contribution in [-0.2, 0) is 13.1 Å². The summed E-state index contributed by atoms with van der Waals surface area (Å²) in [7, 11) is 0. The zero-order chi connectivity index (χ0) is 22.2. The van der Waals surface area contributed by atoms with Crippen LogP contribution in [0.1, 0.15) is 42.0 Å². The molecule has 5 nitrogen and oxygen atoms in total. The van der Waals surface area contributed by atoms with Crippen LogP contribution in [0.25, 0.3) is 5.65 Å². The van der Waals surface area contributed by atoms with Gasteiger partial charge in [-0.3, -0.25) is 19.0 Å². The van der Waals surface area contributed by atoms with E-state index in [0.717, 1.165) is 68.0 Å². The van der Waals surface area contributed by atoms with Gasteiger partial charge in [-0.2, -0.15) is 0 Å². The Hall–Kier alpha value is -1.63. The first-order valence-electron chi connectivity index (χ1n) is 11.1. The molecule has 1 saturated heterocycles. The van der Waals surface area contributed by atoms with Crippen LogP contribution in [0.4, 0.5) is 0 Å². The summed E-state index contributed by atoms with van der Waals surface area (Å²) in [5.41, 5.74) is 3.72. The molecule has 5 rings (SSSR count). The third kappa shape index (κ3) is 4.68. The molecule has 0 atom stereocenters. The standard InChI is InChI=1S/C24H25Cl3N4O/c25-18-5-4-17(22(27)11-18)13-29-6-8-30(9-7-29)15-20-12-23(32)31-14-19(26)10-21(24(31)28-20)16-2-1-3-16/h4-5,10-12,14,16H,1-3,6-9,13,15H2. The van der Waals surface area contributed by atoms with E-state index >= 15 is 0 Å². The van der Waals surface area contributed by atoms with Crippen molar-refractivity contribution < 1.29 is 0 Å². The van der Waals surface area contributed by atoms with Crippen molar-refractivity contribution in [1.82, 2.24) is 19.2 Å². The van der Waals surface area contributed by atoms with E-state index in [0.29, 0.717) is 27.5 Å². The van der Waals surface area contributed by atoms with Crippen molar-refractivity contribution in [2.45, 2.75) is 38.3 Å². The van der Waals surface area contributed by atoms with Gasteiger partial charge in [-0.15, -0.1) is 0 Å². The van der Waals surface area contributed by atoms with Gasteiger partial charge in [0, 0.05) is 67.1 Å². The number of pyridine rings is 1. The summed E-state index contributed by atoms with van der Waals surface area (Å²) in [6.07, 6.45) is 5.17. The number of hydrogen-bond acceptors (Lipinski definition) is 4. The first-order valence-corrected chi connectivity index (χ1v) is 12.2. The van der Waals surface area contributed by atoms with E-state index in [-0.39, 0.29) is 5.56 Å². The third-order valence-electron chi connectivity index (χ3n) is 6.61. The maximum absolute atomic E-state index is 12.8. The van der Waals surface area contributed by atoms with E-state index in [1.165, 1.54) is 6.42 Å². The highest BCUT2D eigenvalue weighted by molar-refractivity contribution is 6.35. The largest absolute Gasteiger partial charge is 0.296 e. The fraction of sp³-hybridized carbons (Fsp3) is 0.417. The lowest BCUT2D eigenvalue weighted by Crippen LogP contribution is -2.45. The molecule has 32 heavy (non-hydrogen) atoms. The Labute approximate surface area is 202 Å². The number of aromatic nitrogens is 2. The molecule has 2 aliphatic rings. The molecule has 2 aromatic heterocycles. The second-order valence-electron chi connectivity index (χ2n) is 8.81. The van der Waals surface area contributed by atoms with Crippen molar-refractivity contribution >= 4 is 40.4 Å². The first kappa shape index (κ1) is 22.2. The van der Waals surface area contributed by atoms with Crippen LogP contribution in [0.2, 0.25) is 15.1 Å². The van der Waals surface area contributed by atoms with Gasteiger partial charge in [-0.1, -0.05) is 47.3 Å². The first-order chi connectivity index (χ1) is 15.5. The van der Waals surface area contributed by atoms with Gasteiger partial charge in [0.1, 0.15) is 5.65 Å². The minimum absolute atomic E-state index is 0.0657. The van der Waals surface area contributed by atoms with E-state index < -0.39 is 0 Å². The molecule has 0 bridgehead atoms. The van der Waals surface area contributed by atoms with Crippen LogP contribution in [0, 0.1) is 0 Å². The summed E-state index contributed by atoms with van der Waals surface area (Å²) in [5.74, 6) is 0.453. The monoisotopic (exact) mass is 490 g/mol. The molecule has 2 fully saturated rings. The van der Waals surface area contributed by atoms with Gasteiger partial charge in [0.2, 0.25) is 0 Å². The zero-order valence-corrected chi connectivity index (χ0v) is 20.0. The highest BCUT2D eigenvalue weighted by Gasteiger charge is 2.24. The van der Waals surface area contributed by atoms with Gasteiger partial charge in [-0.05, 0) is 42.5 Å². The Morgan fingerprint density at radius 2 is 1.62 bits per heavy atom. The second-order valence-corrected chi connectivity index (χ2v) is 10.1. The molecule has 3 heterocycles. The number of nitrogens with zero attached hydrogens (tertiary/aromatic N) is 4. The van der Waals surface area contributed by atoms with Gasteiger partial charge < -0.3 is 0 Å². The fourth-order valence-corrected chi connectivity index (χ4v) is 5.25. The molecule has 1 saturated carbocycles. The van der Waals surface area contributed by atoms with Crippen LogP contribution >= 0.6 is 34.8 Å². The predicted molar refractivity (Wildman–Crippen MR) is 130 cm³/mol. The highest BCUT2D eigenvalue weighted by atomic mass is 35.5. The van der Waals surface area contributed by atoms with E-state index in [2.05, 4.69) is 9.80 Å². The van der Waals surface area contributed by atoms with E-state index in [1.807, 2.05) is 18.2 Å². The SMILES string of the molecule is O=c1cc(CN2CCN(Cc3ccc(Cl)cc3Cl)CC2)nc2c(C3CCC3)cc(Cl)cn12. The summed E-state index contributed by atoms with van der Waals surface area (Å²) < 4.78 is 1.60. The third-order valence-corrected chi connectivity index (χ3v) is 7.41. The quantitative estimate of drug-likeness (QED) is 0.489. The lowest BCUT2D eigenvalue weighted by molar-refractivity contribution is 0.121.